The summed E-state index contributed by atoms with van der Waals surface area (Å²) in [5, 5.41) is 1.90. The Labute approximate surface area is 171 Å². The van der Waals surface area contributed by atoms with Crippen LogP contribution in [-0.2, 0) is 22.6 Å². The van der Waals surface area contributed by atoms with Gasteiger partial charge in [0.2, 0.25) is 0 Å². The number of hydrogen-bond acceptors (Lipinski definition) is 4. The second kappa shape index (κ2) is 6.97. The van der Waals surface area contributed by atoms with Crippen LogP contribution in [0.5, 0.6) is 0 Å². The number of fused-ring (bicyclic) bond motifs is 1. The van der Waals surface area contributed by atoms with E-state index in [0.717, 1.165) is 17.0 Å². The van der Waals surface area contributed by atoms with Gasteiger partial charge in [0, 0.05) is 17.1 Å². The highest BCUT2D eigenvalue weighted by atomic mass is 32.1. The number of anilines is 1. The lowest BCUT2D eigenvalue weighted by Gasteiger charge is -2.21. The Morgan fingerprint density at radius 1 is 0.931 bits per heavy atom. The van der Waals surface area contributed by atoms with Gasteiger partial charge >= 0.3 is 0 Å². The summed E-state index contributed by atoms with van der Waals surface area (Å²) in [4.78, 5) is 30.8. The first-order valence-electron chi connectivity index (χ1n) is 9.38. The third-order valence-corrected chi connectivity index (χ3v) is 6.21. The van der Waals surface area contributed by atoms with E-state index in [2.05, 4.69) is 6.07 Å². The van der Waals surface area contributed by atoms with Gasteiger partial charge in [-0.2, -0.15) is 0 Å². The fourth-order valence-corrected chi connectivity index (χ4v) is 4.71. The van der Waals surface area contributed by atoms with Crippen LogP contribution in [0, 0.1) is 5.82 Å². The van der Waals surface area contributed by atoms with E-state index < -0.39 is 0 Å². The molecule has 2 aliphatic heterocycles. The second-order valence-electron chi connectivity index (χ2n) is 7.05. The number of nitrogens with zero attached hydrogens (tertiary/aromatic N) is 2. The van der Waals surface area contributed by atoms with E-state index in [1.807, 2.05) is 40.6 Å². The molecule has 0 spiro atoms. The molecule has 2 aromatic carbocycles. The molecule has 29 heavy (non-hydrogen) atoms. The molecule has 0 aliphatic carbocycles. The molecule has 3 aromatic rings. The summed E-state index contributed by atoms with van der Waals surface area (Å²) >= 11 is 1.45. The summed E-state index contributed by atoms with van der Waals surface area (Å²) in [6.07, 6.45) is 0.830. The molecule has 0 radical (unpaired) electrons. The monoisotopic (exact) mass is 404 g/mol. The molecule has 1 aromatic heterocycles. The summed E-state index contributed by atoms with van der Waals surface area (Å²) in [5.41, 5.74) is 3.74. The minimum Gasteiger partial charge on any atom is -0.336 e. The number of benzene rings is 2. The Balaban J connectivity index is 1.57. The number of imide groups is 1. The lowest BCUT2D eigenvalue weighted by molar-refractivity contribution is -0.137. The van der Waals surface area contributed by atoms with E-state index in [-0.39, 0.29) is 24.2 Å². The molecule has 6 heteroatoms. The van der Waals surface area contributed by atoms with Crippen molar-refractivity contribution in [3.05, 3.63) is 93.6 Å². The number of halogens is 1. The molecule has 0 atom stereocenters. The Bertz CT molecular complexity index is 1140. The predicted octanol–water partition coefficient (Wildman–Crippen LogP) is 4.23. The third-order valence-electron chi connectivity index (χ3n) is 5.32. The second-order valence-corrected chi connectivity index (χ2v) is 8.00. The van der Waals surface area contributed by atoms with Gasteiger partial charge in [0.05, 0.1) is 12.1 Å². The van der Waals surface area contributed by atoms with E-state index in [9.17, 15) is 14.0 Å². The summed E-state index contributed by atoms with van der Waals surface area (Å²) in [5.74, 6) is -0.958. The molecule has 0 N–H and O–H groups in total. The van der Waals surface area contributed by atoms with Crippen molar-refractivity contribution in [1.82, 2.24) is 4.90 Å². The number of carbonyl (C=O) groups is 2. The average molecular weight is 404 g/mol. The van der Waals surface area contributed by atoms with Crippen LogP contribution in [0.1, 0.15) is 16.0 Å². The van der Waals surface area contributed by atoms with Gasteiger partial charge in [0.15, 0.2) is 0 Å². The van der Waals surface area contributed by atoms with Crippen molar-refractivity contribution >= 4 is 34.4 Å². The number of para-hydroxylation sites is 1. The Morgan fingerprint density at radius 2 is 1.72 bits per heavy atom. The van der Waals surface area contributed by atoms with Crippen molar-refractivity contribution in [2.75, 3.05) is 11.4 Å². The van der Waals surface area contributed by atoms with Crippen molar-refractivity contribution in [2.24, 2.45) is 0 Å². The molecule has 2 aliphatic rings. The first kappa shape index (κ1) is 17.8. The van der Waals surface area contributed by atoms with Crippen LogP contribution in [0.3, 0.4) is 0 Å². The number of carbonyl (C=O) groups excluding carboxylic acids is 2. The zero-order valence-corrected chi connectivity index (χ0v) is 16.3. The minimum atomic E-state index is -0.348. The highest BCUT2D eigenvalue weighted by Gasteiger charge is 2.43. The molecule has 0 saturated carbocycles. The zero-order valence-electron chi connectivity index (χ0n) is 15.5. The van der Waals surface area contributed by atoms with E-state index in [4.69, 9.17) is 0 Å². The van der Waals surface area contributed by atoms with Crippen molar-refractivity contribution in [2.45, 2.75) is 13.0 Å². The van der Waals surface area contributed by atoms with Gasteiger partial charge in [-0.05, 0) is 47.2 Å². The standard InChI is InChI=1S/C23H17FN2O2S/c24-17-9-7-15(8-10-17)14-26-22(27)20(19-6-3-13-29-19)21(23(26)28)25-12-11-16-4-1-2-5-18(16)25/h1-10,13H,11-12,14H2. The van der Waals surface area contributed by atoms with Gasteiger partial charge in [0.1, 0.15) is 11.5 Å². The maximum absolute atomic E-state index is 13.4. The fraction of sp³-hybridized carbons (Fsp3) is 0.130. The number of amides is 2. The quantitative estimate of drug-likeness (QED) is 0.611. The van der Waals surface area contributed by atoms with E-state index in [1.165, 1.54) is 33.9 Å². The summed E-state index contributed by atoms with van der Waals surface area (Å²) in [6.45, 7) is 0.777. The van der Waals surface area contributed by atoms with Crippen LogP contribution in [0.15, 0.2) is 71.7 Å². The topological polar surface area (TPSA) is 40.6 Å². The maximum atomic E-state index is 13.4. The fourth-order valence-electron chi connectivity index (χ4n) is 3.94. The number of hydrogen-bond donors (Lipinski definition) is 0. The van der Waals surface area contributed by atoms with Crippen LogP contribution in [0.4, 0.5) is 10.1 Å². The Morgan fingerprint density at radius 3 is 2.48 bits per heavy atom. The molecule has 4 nitrogen and oxygen atoms in total. The highest BCUT2D eigenvalue weighted by molar-refractivity contribution is 7.11. The van der Waals surface area contributed by atoms with E-state index in [1.54, 1.807) is 12.1 Å². The first-order valence-corrected chi connectivity index (χ1v) is 10.3. The summed E-state index contributed by atoms with van der Waals surface area (Å²) in [6, 6.07) is 17.6. The molecule has 0 saturated heterocycles. The number of rotatable bonds is 4. The Kier molecular flexibility index (Phi) is 4.28. The van der Waals surface area contributed by atoms with Gasteiger partial charge in [-0.25, -0.2) is 4.39 Å². The molecule has 0 bridgehead atoms. The normalized spacial score (nSPS) is 16.2. The minimum absolute atomic E-state index is 0.117. The molecule has 0 fully saturated rings. The van der Waals surface area contributed by atoms with E-state index >= 15 is 0 Å². The average Bonchev–Trinajstić information content (AvgIpc) is 3.44. The molecule has 3 heterocycles. The van der Waals surface area contributed by atoms with Crippen LogP contribution >= 0.6 is 11.3 Å². The smallest absolute Gasteiger partial charge is 0.278 e. The Hall–Kier alpha value is -3.25. The summed E-state index contributed by atoms with van der Waals surface area (Å²) in [7, 11) is 0. The molecule has 144 valence electrons. The number of thiophene rings is 1. The molecule has 0 unspecified atom stereocenters. The van der Waals surface area contributed by atoms with E-state index in [0.29, 0.717) is 23.4 Å². The third kappa shape index (κ3) is 2.96. The molecule has 5 rings (SSSR count). The molecular formula is C23H17FN2O2S. The predicted molar refractivity (Wildman–Crippen MR) is 111 cm³/mol. The van der Waals surface area contributed by atoms with Crippen LogP contribution in [0.2, 0.25) is 0 Å². The maximum Gasteiger partial charge on any atom is 0.278 e. The lowest BCUT2D eigenvalue weighted by Crippen LogP contribution is -2.34. The lowest BCUT2D eigenvalue weighted by atomic mass is 10.1. The van der Waals surface area contributed by atoms with Gasteiger partial charge in [0.25, 0.3) is 11.8 Å². The van der Waals surface area contributed by atoms with Crippen LogP contribution in [0.25, 0.3) is 5.57 Å². The van der Waals surface area contributed by atoms with Crippen molar-refractivity contribution in [3.63, 3.8) is 0 Å². The highest BCUT2D eigenvalue weighted by Crippen LogP contribution is 2.39. The van der Waals surface area contributed by atoms with Gasteiger partial charge in [-0.15, -0.1) is 11.3 Å². The SMILES string of the molecule is O=C1C(c2cccs2)=C(N2CCc3ccccc32)C(=O)N1Cc1ccc(F)cc1. The summed E-state index contributed by atoms with van der Waals surface area (Å²) < 4.78 is 13.2. The molecular weight excluding hydrogens is 387 g/mol. The van der Waals surface area contributed by atoms with Crippen molar-refractivity contribution < 1.29 is 14.0 Å². The van der Waals surface area contributed by atoms with Crippen LogP contribution < -0.4 is 4.90 Å². The molecule has 2 amide bonds. The van der Waals surface area contributed by atoms with Gasteiger partial charge in [-0.1, -0.05) is 36.4 Å². The zero-order chi connectivity index (χ0) is 20.0. The largest absolute Gasteiger partial charge is 0.336 e. The van der Waals surface area contributed by atoms with Crippen molar-refractivity contribution in [1.29, 1.82) is 0 Å². The van der Waals surface area contributed by atoms with Crippen molar-refractivity contribution in [3.8, 4) is 0 Å². The van der Waals surface area contributed by atoms with Gasteiger partial charge < -0.3 is 4.90 Å². The van der Waals surface area contributed by atoms with Crippen LogP contribution in [-0.4, -0.2) is 23.3 Å². The van der Waals surface area contributed by atoms with Gasteiger partial charge in [-0.3, -0.25) is 14.5 Å². The first-order chi connectivity index (χ1) is 14.1.